The van der Waals surface area contributed by atoms with Crippen LogP contribution < -0.4 is 16.0 Å². The standard InChI is InChI=1S/C16H15N3O3/c1-18-12(20)11-13(19(2)15(18)21)22-14(16(11)8-9-16)17-10-6-4-3-5-7-10/h3-7H,8-9H2,1-2H3. The lowest BCUT2D eigenvalue weighted by atomic mass is 10.00. The molecular formula is C16H15N3O3. The molecule has 4 rings (SSSR count). The second-order valence-corrected chi connectivity index (χ2v) is 5.82. The first-order chi connectivity index (χ1) is 10.5. The normalized spacial score (nSPS) is 19.3. The zero-order valence-electron chi connectivity index (χ0n) is 12.4. The molecule has 6 heteroatoms. The van der Waals surface area contributed by atoms with Crippen LogP contribution in [0.2, 0.25) is 0 Å². The molecule has 2 aromatic rings. The van der Waals surface area contributed by atoms with E-state index in [1.54, 1.807) is 7.05 Å². The lowest BCUT2D eigenvalue weighted by Gasteiger charge is -2.07. The summed E-state index contributed by atoms with van der Waals surface area (Å²) >= 11 is 0. The van der Waals surface area contributed by atoms with E-state index < -0.39 is 5.41 Å². The number of fused-ring (bicyclic) bond motifs is 2. The Labute approximate surface area is 126 Å². The number of nitrogens with zero attached hydrogens (tertiary/aromatic N) is 3. The Balaban J connectivity index is 1.94. The number of benzene rings is 1. The summed E-state index contributed by atoms with van der Waals surface area (Å²) in [6.45, 7) is 0. The Morgan fingerprint density at radius 1 is 1.09 bits per heavy atom. The molecule has 1 saturated carbocycles. The van der Waals surface area contributed by atoms with Crippen LogP contribution in [-0.2, 0) is 19.5 Å². The number of hydrogen-bond acceptors (Lipinski definition) is 4. The highest BCUT2D eigenvalue weighted by molar-refractivity contribution is 5.98. The van der Waals surface area contributed by atoms with Crippen LogP contribution >= 0.6 is 0 Å². The molecule has 112 valence electrons. The molecule has 0 N–H and O–H groups in total. The van der Waals surface area contributed by atoms with E-state index in [0.29, 0.717) is 17.3 Å². The highest BCUT2D eigenvalue weighted by atomic mass is 16.5. The van der Waals surface area contributed by atoms with E-state index in [9.17, 15) is 9.59 Å². The summed E-state index contributed by atoms with van der Waals surface area (Å²) in [5, 5.41) is 0. The van der Waals surface area contributed by atoms with E-state index >= 15 is 0 Å². The van der Waals surface area contributed by atoms with Gasteiger partial charge in [-0.15, -0.1) is 0 Å². The van der Waals surface area contributed by atoms with Crippen LogP contribution in [0.5, 0.6) is 5.88 Å². The van der Waals surface area contributed by atoms with Crippen LogP contribution in [0.15, 0.2) is 44.9 Å². The summed E-state index contributed by atoms with van der Waals surface area (Å²) < 4.78 is 8.35. The predicted octanol–water partition coefficient (Wildman–Crippen LogP) is 1.24. The zero-order valence-corrected chi connectivity index (χ0v) is 12.4. The van der Waals surface area contributed by atoms with Crippen LogP contribution in [0.3, 0.4) is 0 Å². The highest BCUT2D eigenvalue weighted by Crippen LogP contribution is 2.55. The molecule has 1 aromatic heterocycles. The van der Waals surface area contributed by atoms with Gasteiger partial charge in [0.1, 0.15) is 0 Å². The first kappa shape index (κ1) is 13.1. The van der Waals surface area contributed by atoms with Gasteiger partial charge in [0.05, 0.1) is 16.7 Å². The molecule has 1 aromatic carbocycles. The minimum atomic E-state index is -0.453. The third-order valence-electron chi connectivity index (χ3n) is 4.43. The van der Waals surface area contributed by atoms with Gasteiger partial charge in [0.15, 0.2) is 0 Å². The predicted molar refractivity (Wildman–Crippen MR) is 82.0 cm³/mol. The highest BCUT2D eigenvalue weighted by Gasteiger charge is 2.59. The molecule has 6 nitrogen and oxygen atoms in total. The average Bonchev–Trinajstić information content (AvgIpc) is 3.25. The van der Waals surface area contributed by atoms with Gasteiger partial charge in [-0.05, 0) is 25.0 Å². The van der Waals surface area contributed by atoms with Crippen LogP contribution in [-0.4, -0.2) is 15.0 Å². The van der Waals surface area contributed by atoms with Gasteiger partial charge in [0.25, 0.3) is 5.56 Å². The monoisotopic (exact) mass is 297 g/mol. The third-order valence-corrected chi connectivity index (χ3v) is 4.43. The molecule has 1 fully saturated rings. The van der Waals surface area contributed by atoms with Crippen LogP contribution in [0.1, 0.15) is 18.4 Å². The van der Waals surface area contributed by atoms with E-state index in [2.05, 4.69) is 4.99 Å². The molecule has 1 aliphatic heterocycles. The molecule has 0 amide bonds. The second kappa shape index (κ2) is 4.19. The average molecular weight is 297 g/mol. The van der Waals surface area contributed by atoms with Gasteiger partial charge < -0.3 is 4.74 Å². The summed E-state index contributed by atoms with van der Waals surface area (Å²) in [5.41, 5.74) is 0.213. The first-order valence-electron chi connectivity index (χ1n) is 7.17. The SMILES string of the molecule is Cn1c2c(c(=O)n(C)c1=O)C1(CC1)C(=Nc1ccccc1)O2. The molecule has 0 bridgehead atoms. The van der Waals surface area contributed by atoms with Gasteiger partial charge in [-0.2, -0.15) is 0 Å². The van der Waals surface area contributed by atoms with Crippen molar-refractivity contribution in [1.29, 1.82) is 0 Å². The van der Waals surface area contributed by atoms with Gasteiger partial charge in [0, 0.05) is 14.1 Å². The fraction of sp³-hybridized carbons (Fsp3) is 0.312. The van der Waals surface area contributed by atoms with Gasteiger partial charge in [-0.3, -0.25) is 13.9 Å². The van der Waals surface area contributed by atoms with Crippen molar-refractivity contribution in [1.82, 2.24) is 9.13 Å². The van der Waals surface area contributed by atoms with E-state index in [4.69, 9.17) is 4.74 Å². The summed E-state index contributed by atoms with van der Waals surface area (Å²) in [5.74, 6) is 0.854. The summed E-state index contributed by atoms with van der Waals surface area (Å²) in [6.07, 6.45) is 1.64. The van der Waals surface area contributed by atoms with Crippen molar-refractivity contribution in [2.45, 2.75) is 18.3 Å². The Morgan fingerprint density at radius 2 is 1.77 bits per heavy atom. The minimum absolute atomic E-state index is 0.283. The van der Waals surface area contributed by atoms with Crippen molar-refractivity contribution >= 4 is 11.6 Å². The van der Waals surface area contributed by atoms with Gasteiger partial charge in [0.2, 0.25) is 11.8 Å². The Morgan fingerprint density at radius 3 is 2.41 bits per heavy atom. The number of hydrogen-bond donors (Lipinski definition) is 0. The molecule has 2 heterocycles. The molecule has 0 atom stereocenters. The Bertz CT molecular complexity index is 918. The summed E-state index contributed by atoms with van der Waals surface area (Å²) in [6, 6.07) is 9.48. The van der Waals surface area contributed by atoms with Gasteiger partial charge in [-0.1, -0.05) is 18.2 Å². The minimum Gasteiger partial charge on any atom is -0.425 e. The molecular weight excluding hydrogens is 282 g/mol. The molecule has 0 saturated heterocycles. The smallest absolute Gasteiger partial charge is 0.333 e. The quantitative estimate of drug-likeness (QED) is 0.795. The van der Waals surface area contributed by atoms with Crippen LogP contribution in [0, 0.1) is 0 Å². The van der Waals surface area contributed by atoms with E-state index in [0.717, 1.165) is 23.1 Å². The maximum absolute atomic E-state index is 12.5. The number of aliphatic imine (C=N–C) groups is 1. The zero-order chi connectivity index (χ0) is 15.5. The van der Waals surface area contributed by atoms with Crippen molar-refractivity contribution in [3.05, 3.63) is 56.7 Å². The van der Waals surface area contributed by atoms with Crippen molar-refractivity contribution in [3.63, 3.8) is 0 Å². The maximum Gasteiger partial charge on any atom is 0.333 e. The van der Waals surface area contributed by atoms with Crippen LogP contribution in [0.4, 0.5) is 5.69 Å². The number of para-hydroxylation sites is 1. The van der Waals surface area contributed by atoms with E-state index in [1.807, 2.05) is 30.3 Å². The largest absolute Gasteiger partial charge is 0.425 e. The fourth-order valence-electron chi connectivity index (χ4n) is 2.99. The topological polar surface area (TPSA) is 65.6 Å². The fourth-order valence-corrected chi connectivity index (χ4v) is 2.99. The Hall–Kier alpha value is -2.63. The molecule has 1 spiro atoms. The molecule has 22 heavy (non-hydrogen) atoms. The number of aromatic nitrogens is 2. The number of ether oxygens (including phenoxy) is 1. The van der Waals surface area contributed by atoms with Gasteiger partial charge in [-0.25, -0.2) is 9.79 Å². The van der Waals surface area contributed by atoms with E-state index in [1.165, 1.54) is 11.6 Å². The Kier molecular flexibility index (Phi) is 2.49. The second-order valence-electron chi connectivity index (χ2n) is 5.82. The molecule has 0 unspecified atom stereocenters. The van der Waals surface area contributed by atoms with Gasteiger partial charge >= 0.3 is 5.69 Å². The maximum atomic E-state index is 12.5. The van der Waals surface area contributed by atoms with Crippen LogP contribution in [0.25, 0.3) is 0 Å². The molecule has 0 radical (unpaired) electrons. The lowest BCUT2D eigenvalue weighted by Crippen LogP contribution is -2.39. The molecule has 2 aliphatic rings. The summed E-state index contributed by atoms with van der Waals surface area (Å²) in [4.78, 5) is 29.1. The van der Waals surface area contributed by atoms with Crippen molar-refractivity contribution < 1.29 is 4.74 Å². The summed E-state index contributed by atoms with van der Waals surface area (Å²) in [7, 11) is 3.11. The number of rotatable bonds is 1. The van der Waals surface area contributed by atoms with Crippen molar-refractivity contribution in [2.24, 2.45) is 19.1 Å². The van der Waals surface area contributed by atoms with Crippen molar-refractivity contribution in [3.8, 4) is 5.88 Å². The van der Waals surface area contributed by atoms with Crippen molar-refractivity contribution in [2.75, 3.05) is 0 Å². The molecule has 1 aliphatic carbocycles. The lowest BCUT2D eigenvalue weighted by molar-refractivity contribution is 0.487. The van der Waals surface area contributed by atoms with E-state index in [-0.39, 0.29) is 11.2 Å². The first-order valence-corrected chi connectivity index (χ1v) is 7.17. The third kappa shape index (κ3) is 1.57.